The van der Waals surface area contributed by atoms with Gasteiger partial charge in [-0.3, -0.25) is 4.90 Å². The Morgan fingerprint density at radius 3 is 2.62 bits per heavy atom. The number of morpholine rings is 1. The first kappa shape index (κ1) is 16.4. The molecule has 1 saturated heterocycles. The van der Waals surface area contributed by atoms with Crippen molar-refractivity contribution in [1.82, 2.24) is 10.2 Å². The SMILES string of the molecule is CNC(c1c(C)cc(C)cc1F)C1CN(C(C)C)CCO1. The molecule has 0 bridgehead atoms. The topological polar surface area (TPSA) is 24.5 Å². The predicted molar refractivity (Wildman–Crippen MR) is 84.1 cm³/mol. The van der Waals surface area contributed by atoms with Crippen LogP contribution in [0.3, 0.4) is 0 Å². The van der Waals surface area contributed by atoms with E-state index in [1.54, 1.807) is 6.07 Å². The van der Waals surface area contributed by atoms with E-state index in [1.807, 2.05) is 27.0 Å². The van der Waals surface area contributed by atoms with Gasteiger partial charge in [0.15, 0.2) is 0 Å². The zero-order chi connectivity index (χ0) is 15.6. The number of benzene rings is 1. The first-order valence-electron chi connectivity index (χ1n) is 7.73. The van der Waals surface area contributed by atoms with Crippen molar-refractivity contribution in [3.05, 3.63) is 34.6 Å². The summed E-state index contributed by atoms with van der Waals surface area (Å²) in [5.41, 5.74) is 2.67. The van der Waals surface area contributed by atoms with Crippen LogP contribution in [0.1, 0.15) is 36.6 Å². The largest absolute Gasteiger partial charge is 0.374 e. The van der Waals surface area contributed by atoms with Crippen LogP contribution in [0.25, 0.3) is 0 Å². The van der Waals surface area contributed by atoms with Crippen molar-refractivity contribution in [2.24, 2.45) is 0 Å². The molecule has 2 rings (SSSR count). The molecule has 1 aliphatic rings. The van der Waals surface area contributed by atoms with Crippen LogP contribution in [0.4, 0.5) is 4.39 Å². The van der Waals surface area contributed by atoms with Gasteiger partial charge in [-0.15, -0.1) is 0 Å². The number of ether oxygens (including phenoxy) is 1. The molecule has 0 radical (unpaired) electrons. The Hall–Kier alpha value is -0.970. The van der Waals surface area contributed by atoms with Gasteiger partial charge in [0.25, 0.3) is 0 Å². The molecule has 2 unspecified atom stereocenters. The van der Waals surface area contributed by atoms with Crippen LogP contribution in [0.5, 0.6) is 0 Å². The summed E-state index contributed by atoms with van der Waals surface area (Å²) >= 11 is 0. The van der Waals surface area contributed by atoms with Crippen molar-refractivity contribution >= 4 is 0 Å². The molecule has 0 aliphatic carbocycles. The molecule has 4 heteroatoms. The van der Waals surface area contributed by atoms with Gasteiger partial charge in [-0.1, -0.05) is 6.07 Å². The van der Waals surface area contributed by atoms with E-state index in [9.17, 15) is 4.39 Å². The lowest BCUT2D eigenvalue weighted by Gasteiger charge is -2.39. The van der Waals surface area contributed by atoms with Gasteiger partial charge in [0.05, 0.1) is 18.8 Å². The Balaban J connectivity index is 2.27. The molecule has 1 heterocycles. The number of nitrogens with zero attached hydrogens (tertiary/aromatic N) is 1. The third kappa shape index (κ3) is 3.62. The van der Waals surface area contributed by atoms with Crippen LogP contribution >= 0.6 is 0 Å². The number of halogens is 1. The molecule has 0 spiro atoms. The second kappa shape index (κ2) is 6.86. The standard InChI is InChI=1S/C17H27FN2O/c1-11(2)20-6-7-21-15(10-20)17(19-5)16-13(4)8-12(3)9-14(16)18/h8-9,11,15,17,19H,6-7,10H2,1-5H3. The van der Waals surface area contributed by atoms with E-state index in [0.717, 1.165) is 29.8 Å². The maximum absolute atomic E-state index is 14.4. The van der Waals surface area contributed by atoms with Crippen molar-refractivity contribution in [2.75, 3.05) is 26.7 Å². The summed E-state index contributed by atoms with van der Waals surface area (Å²) < 4.78 is 20.4. The average molecular weight is 294 g/mol. The summed E-state index contributed by atoms with van der Waals surface area (Å²) in [6.07, 6.45) is -0.0259. The average Bonchev–Trinajstić information content (AvgIpc) is 2.42. The maximum Gasteiger partial charge on any atom is 0.128 e. The Morgan fingerprint density at radius 1 is 1.33 bits per heavy atom. The van der Waals surface area contributed by atoms with Crippen LogP contribution in [-0.4, -0.2) is 43.8 Å². The fourth-order valence-electron chi connectivity index (χ4n) is 3.20. The van der Waals surface area contributed by atoms with Gasteiger partial charge in [0.2, 0.25) is 0 Å². The highest BCUT2D eigenvalue weighted by molar-refractivity contribution is 5.35. The maximum atomic E-state index is 14.4. The van der Waals surface area contributed by atoms with Crippen LogP contribution < -0.4 is 5.32 Å². The zero-order valence-corrected chi connectivity index (χ0v) is 13.7. The Morgan fingerprint density at radius 2 is 2.05 bits per heavy atom. The fourth-order valence-corrected chi connectivity index (χ4v) is 3.20. The highest BCUT2D eigenvalue weighted by atomic mass is 19.1. The molecular weight excluding hydrogens is 267 g/mol. The molecule has 3 nitrogen and oxygen atoms in total. The smallest absolute Gasteiger partial charge is 0.128 e. The van der Waals surface area contributed by atoms with E-state index in [-0.39, 0.29) is 18.0 Å². The molecule has 0 aromatic heterocycles. The van der Waals surface area contributed by atoms with Gasteiger partial charge in [-0.25, -0.2) is 4.39 Å². The van der Waals surface area contributed by atoms with Crippen LogP contribution in [-0.2, 0) is 4.74 Å². The summed E-state index contributed by atoms with van der Waals surface area (Å²) in [5, 5.41) is 3.26. The Labute approximate surface area is 127 Å². The van der Waals surface area contributed by atoms with Gasteiger partial charge >= 0.3 is 0 Å². The summed E-state index contributed by atoms with van der Waals surface area (Å²) in [5.74, 6) is -0.142. The predicted octanol–water partition coefficient (Wildman–Crippen LogP) is 2.81. The lowest BCUT2D eigenvalue weighted by atomic mass is 9.93. The second-order valence-corrected chi connectivity index (χ2v) is 6.24. The van der Waals surface area contributed by atoms with Gasteiger partial charge in [0.1, 0.15) is 5.82 Å². The van der Waals surface area contributed by atoms with Crippen LogP contribution in [0.2, 0.25) is 0 Å². The number of nitrogens with one attached hydrogen (secondary N) is 1. The first-order chi connectivity index (χ1) is 9.93. The highest BCUT2D eigenvalue weighted by Crippen LogP contribution is 2.28. The molecule has 0 saturated carbocycles. The molecule has 2 atom stereocenters. The van der Waals surface area contributed by atoms with E-state index in [2.05, 4.69) is 24.1 Å². The Kier molecular flexibility index (Phi) is 5.36. The van der Waals surface area contributed by atoms with Crippen LogP contribution in [0, 0.1) is 19.7 Å². The van der Waals surface area contributed by atoms with E-state index in [4.69, 9.17) is 4.74 Å². The van der Waals surface area contributed by atoms with Crippen molar-refractivity contribution in [2.45, 2.75) is 45.9 Å². The van der Waals surface area contributed by atoms with Crippen molar-refractivity contribution in [3.8, 4) is 0 Å². The molecular formula is C17H27FN2O. The first-order valence-corrected chi connectivity index (χ1v) is 7.73. The third-order valence-electron chi connectivity index (χ3n) is 4.33. The molecule has 21 heavy (non-hydrogen) atoms. The molecule has 1 aliphatic heterocycles. The van der Waals surface area contributed by atoms with Crippen molar-refractivity contribution in [3.63, 3.8) is 0 Å². The van der Waals surface area contributed by atoms with Crippen molar-refractivity contribution < 1.29 is 9.13 Å². The van der Waals surface area contributed by atoms with Gasteiger partial charge in [-0.05, 0) is 51.9 Å². The quantitative estimate of drug-likeness (QED) is 0.924. The number of rotatable bonds is 4. The molecule has 1 fully saturated rings. The monoisotopic (exact) mass is 294 g/mol. The van der Waals surface area contributed by atoms with Crippen LogP contribution in [0.15, 0.2) is 12.1 Å². The normalized spacial score (nSPS) is 21.8. The minimum absolute atomic E-state index is 0.0259. The van der Waals surface area contributed by atoms with E-state index < -0.39 is 0 Å². The number of hydrogen-bond acceptors (Lipinski definition) is 3. The molecule has 0 amide bonds. The lowest BCUT2D eigenvalue weighted by molar-refractivity contribution is -0.0555. The molecule has 1 N–H and O–H groups in total. The molecule has 1 aromatic rings. The zero-order valence-electron chi connectivity index (χ0n) is 13.7. The summed E-state index contributed by atoms with van der Waals surface area (Å²) in [4.78, 5) is 2.39. The summed E-state index contributed by atoms with van der Waals surface area (Å²) in [6, 6.07) is 4.01. The summed E-state index contributed by atoms with van der Waals surface area (Å²) in [7, 11) is 1.88. The van der Waals surface area contributed by atoms with E-state index in [0.29, 0.717) is 12.6 Å². The van der Waals surface area contributed by atoms with Crippen molar-refractivity contribution in [1.29, 1.82) is 0 Å². The Bertz CT molecular complexity index is 467. The van der Waals surface area contributed by atoms with E-state index >= 15 is 0 Å². The highest BCUT2D eigenvalue weighted by Gasteiger charge is 2.31. The minimum Gasteiger partial charge on any atom is -0.374 e. The second-order valence-electron chi connectivity index (χ2n) is 6.24. The van der Waals surface area contributed by atoms with Gasteiger partial charge < -0.3 is 10.1 Å². The molecule has 118 valence electrons. The van der Waals surface area contributed by atoms with Gasteiger partial charge in [-0.2, -0.15) is 0 Å². The lowest BCUT2D eigenvalue weighted by Crippen LogP contribution is -2.50. The number of likely N-dealkylation sites (N-methyl/N-ethyl adjacent to an activating group) is 1. The number of aryl methyl sites for hydroxylation is 2. The minimum atomic E-state index is -0.142. The third-order valence-corrected chi connectivity index (χ3v) is 4.33. The fraction of sp³-hybridized carbons (Fsp3) is 0.647. The summed E-state index contributed by atoms with van der Waals surface area (Å²) in [6.45, 7) is 10.7. The van der Waals surface area contributed by atoms with E-state index in [1.165, 1.54) is 0 Å². The number of hydrogen-bond donors (Lipinski definition) is 1. The van der Waals surface area contributed by atoms with Gasteiger partial charge in [0, 0.05) is 24.7 Å². The molecule has 1 aromatic carbocycles.